The van der Waals surface area contributed by atoms with Gasteiger partial charge in [-0.2, -0.15) is 5.10 Å². The Labute approximate surface area is 224 Å². The normalized spacial score (nSPS) is 11.0. The summed E-state index contributed by atoms with van der Waals surface area (Å²) in [4.78, 5) is 44.9. The molecule has 8 nitrogen and oxygen atoms in total. The van der Waals surface area contributed by atoms with Gasteiger partial charge in [-0.05, 0) is 42.8 Å². The Hall–Kier alpha value is -5.37. The van der Waals surface area contributed by atoms with Gasteiger partial charge in [0.1, 0.15) is 0 Å². The third-order valence-corrected chi connectivity index (χ3v) is 6.11. The molecule has 0 bridgehead atoms. The lowest BCUT2D eigenvalue weighted by molar-refractivity contribution is -0.112. The van der Waals surface area contributed by atoms with Gasteiger partial charge in [-0.1, -0.05) is 72.8 Å². The maximum absolute atomic E-state index is 13.7. The summed E-state index contributed by atoms with van der Waals surface area (Å²) in [6, 6.07) is 27.3. The number of methoxy groups -OCH3 is 1. The maximum Gasteiger partial charge on any atom is 0.339 e. The smallest absolute Gasteiger partial charge is 0.339 e. The molecule has 0 saturated heterocycles. The van der Waals surface area contributed by atoms with Crippen LogP contribution in [0.15, 0.2) is 91.0 Å². The van der Waals surface area contributed by atoms with E-state index >= 15 is 0 Å². The monoisotopic (exact) mass is 516 g/mol. The zero-order chi connectivity index (χ0) is 27.4. The van der Waals surface area contributed by atoms with Crippen molar-refractivity contribution in [2.75, 3.05) is 12.4 Å². The van der Waals surface area contributed by atoms with Crippen LogP contribution in [0.2, 0.25) is 0 Å². The fourth-order valence-electron chi connectivity index (χ4n) is 4.30. The van der Waals surface area contributed by atoms with E-state index in [1.807, 2.05) is 60.7 Å². The molecule has 2 aromatic heterocycles. The predicted octanol–water partition coefficient (Wildman–Crippen LogP) is 5.51. The number of ketones is 1. The Morgan fingerprint density at radius 3 is 2.08 bits per heavy atom. The van der Waals surface area contributed by atoms with Crippen molar-refractivity contribution in [1.82, 2.24) is 14.8 Å². The van der Waals surface area contributed by atoms with Crippen molar-refractivity contribution in [2.45, 2.75) is 6.92 Å². The molecular weight excluding hydrogens is 492 g/mol. The van der Waals surface area contributed by atoms with Crippen LogP contribution in [0.1, 0.15) is 37.7 Å². The average molecular weight is 517 g/mol. The lowest BCUT2D eigenvalue weighted by atomic mass is 9.96. The molecule has 0 saturated carbocycles. The van der Waals surface area contributed by atoms with Gasteiger partial charge in [0.05, 0.1) is 40.7 Å². The number of nitrogens with zero attached hydrogens (tertiary/aromatic N) is 3. The third kappa shape index (κ3) is 5.08. The lowest BCUT2D eigenvalue weighted by Gasteiger charge is -2.13. The summed E-state index contributed by atoms with van der Waals surface area (Å²) in [6.45, 7) is 1.72. The van der Waals surface area contributed by atoms with E-state index in [1.54, 1.807) is 54.1 Å². The zero-order valence-corrected chi connectivity index (χ0v) is 21.3. The molecule has 0 radical (unpaired) electrons. The van der Waals surface area contributed by atoms with E-state index in [0.717, 1.165) is 11.3 Å². The van der Waals surface area contributed by atoms with E-state index in [1.165, 1.54) is 7.11 Å². The maximum atomic E-state index is 13.7. The summed E-state index contributed by atoms with van der Waals surface area (Å²) in [7, 11) is 1.23. The highest BCUT2D eigenvalue weighted by Gasteiger charge is 2.32. The molecule has 192 valence electrons. The van der Waals surface area contributed by atoms with Gasteiger partial charge in [0, 0.05) is 5.69 Å². The van der Waals surface area contributed by atoms with Gasteiger partial charge in [0.25, 0.3) is 11.7 Å². The summed E-state index contributed by atoms with van der Waals surface area (Å²) < 4.78 is 6.72. The highest BCUT2D eigenvalue weighted by molar-refractivity contribution is 6.48. The fourth-order valence-corrected chi connectivity index (χ4v) is 4.30. The minimum atomic E-state index is -0.923. The number of amides is 1. The highest BCUT2D eigenvalue weighted by atomic mass is 16.5. The molecule has 0 aliphatic rings. The summed E-state index contributed by atoms with van der Waals surface area (Å²) in [5, 5.41) is 7.56. The molecule has 3 aromatic carbocycles. The number of aromatic nitrogens is 3. The Morgan fingerprint density at radius 1 is 0.821 bits per heavy atom. The number of rotatable bonds is 7. The molecule has 0 unspecified atom stereocenters. The van der Waals surface area contributed by atoms with Crippen molar-refractivity contribution < 1.29 is 19.1 Å². The number of ether oxygens (including phenoxy) is 1. The Morgan fingerprint density at radius 2 is 1.44 bits per heavy atom. The molecule has 2 heterocycles. The van der Waals surface area contributed by atoms with E-state index in [0.29, 0.717) is 22.4 Å². The van der Waals surface area contributed by atoms with Crippen molar-refractivity contribution in [3.8, 4) is 5.69 Å². The quantitative estimate of drug-likeness (QED) is 0.174. The van der Waals surface area contributed by atoms with Crippen molar-refractivity contribution in [2.24, 2.45) is 0 Å². The molecule has 0 aliphatic heterocycles. The lowest BCUT2D eigenvalue weighted by Crippen LogP contribution is -2.26. The molecule has 0 spiro atoms. The SMILES string of the molecule is COC(=O)c1c(C(=O)C(=O)Nc2ccccc2)c(/C=C\c2ccccc2)nc2c1c(C)nn2-c1ccccc1. The first kappa shape index (κ1) is 25.3. The molecule has 0 fully saturated rings. The summed E-state index contributed by atoms with van der Waals surface area (Å²) in [5.41, 5.74) is 2.73. The number of hydrogen-bond donors (Lipinski definition) is 1. The second-order valence-electron chi connectivity index (χ2n) is 8.66. The van der Waals surface area contributed by atoms with Crippen LogP contribution in [0, 0.1) is 6.92 Å². The molecule has 1 N–H and O–H groups in total. The number of fused-ring (bicyclic) bond motifs is 1. The zero-order valence-electron chi connectivity index (χ0n) is 21.3. The van der Waals surface area contributed by atoms with Crippen LogP contribution in [-0.4, -0.2) is 39.5 Å². The molecular formula is C31H24N4O4. The van der Waals surface area contributed by atoms with Crippen LogP contribution in [0.5, 0.6) is 0 Å². The number of carbonyl (C=O) groups is 3. The highest BCUT2D eigenvalue weighted by Crippen LogP contribution is 2.30. The van der Waals surface area contributed by atoms with Gasteiger partial charge in [-0.3, -0.25) is 9.59 Å². The topological polar surface area (TPSA) is 103 Å². The molecule has 8 heteroatoms. The molecule has 1 amide bonds. The number of nitrogens with one attached hydrogen (secondary N) is 1. The van der Waals surface area contributed by atoms with Crippen LogP contribution < -0.4 is 5.32 Å². The van der Waals surface area contributed by atoms with E-state index in [4.69, 9.17) is 9.72 Å². The number of carbonyl (C=O) groups excluding carboxylic acids is 3. The minimum absolute atomic E-state index is 0.0666. The first-order valence-electron chi connectivity index (χ1n) is 12.2. The standard InChI is InChI=1S/C31H24N4O4/c1-20-25-27(31(38)39-2)26(28(36)30(37)32-22-14-8-4-9-15-22)24(19-18-21-12-6-3-7-13-21)33-29(25)35(34-20)23-16-10-5-11-17-23/h3-19H,1-2H3,(H,32,37)/b19-18-. The van der Waals surface area contributed by atoms with Crippen molar-refractivity contribution in [3.63, 3.8) is 0 Å². The van der Waals surface area contributed by atoms with E-state index in [-0.39, 0.29) is 16.8 Å². The Kier molecular flexibility index (Phi) is 7.09. The number of esters is 1. The largest absolute Gasteiger partial charge is 0.465 e. The van der Waals surface area contributed by atoms with Crippen LogP contribution >= 0.6 is 0 Å². The van der Waals surface area contributed by atoms with E-state index in [2.05, 4.69) is 10.4 Å². The van der Waals surface area contributed by atoms with Gasteiger partial charge < -0.3 is 10.1 Å². The molecule has 0 atom stereocenters. The van der Waals surface area contributed by atoms with E-state index < -0.39 is 17.7 Å². The van der Waals surface area contributed by atoms with Gasteiger partial charge in [-0.25, -0.2) is 14.5 Å². The van der Waals surface area contributed by atoms with Gasteiger partial charge in [0.2, 0.25) is 0 Å². The summed E-state index contributed by atoms with van der Waals surface area (Å²) in [6.07, 6.45) is 3.37. The van der Waals surface area contributed by atoms with Crippen LogP contribution in [0.25, 0.3) is 28.9 Å². The number of aryl methyl sites for hydroxylation is 1. The minimum Gasteiger partial charge on any atom is -0.465 e. The van der Waals surface area contributed by atoms with Crippen molar-refractivity contribution in [3.05, 3.63) is 119 Å². The third-order valence-electron chi connectivity index (χ3n) is 6.11. The number of Topliss-reactive ketones (excluding diaryl/α,β-unsaturated/α-hetero) is 1. The number of hydrogen-bond acceptors (Lipinski definition) is 6. The molecule has 39 heavy (non-hydrogen) atoms. The number of para-hydroxylation sites is 2. The van der Waals surface area contributed by atoms with Crippen LogP contribution in [-0.2, 0) is 9.53 Å². The summed E-state index contributed by atoms with van der Waals surface area (Å²) >= 11 is 0. The first-order chi connectivity index (χ1) is 19.0. The Balaban J connectivity index is 1.77. The van der Waals surface area contributed by atoms with Crippen molar-refractivity contribution >= 4 is 46.5 Å². The van der Waals surface area contributed by atoms with Crippen LogP contribution in [0.3, 0.4) is 0 Å². The number of benzene rings is 3. The fraction of sp³-hybridized carbons (Fsp3) is 0.0645. The molecule has 0 aliphatic carbocycles. The molecule has 5 rings (SSSR count). The van der Waals surface area contributed by atoms with E-state index in [9.17, 15) is 14.4 Å². The number of anilines is 1. The Bertz CT molecular complexity index is 1710. The first-order valence-corrected chi connectivity index (χ1v) is 12.2. The van der Waals surface area contributed by atoms with Gasteiger partial charge in [0.15, 0.2) is 5.65 Å². The van der Waals surface area contributed by atoms with Gasteiger partial charge in [-0.15, -0.1) is 0 Å². The second-order valence-corrected chi connectivity index (χ2v) is 8.66. The van der Waals surface area contributed by atoms with Crippen LogP contribution in [0.4, 0.5) is 5.69 Å². The van der Waals surface area contributed by atoms with Gasteiger partial charge >= 0.3 is 5.97 Å². The average Bonchev–Trinajstić information content (AvgIpc) is 3.31. The summed E-state index contributed by atoms with van der Waals surface area (Å²) in [5.74, 6) is -2.61. The second kappa shape index (κ2) is 10.9. The molecule has 5 aromatic rings. The number of pyridine rings is 1. The van der Waals surface area contributed by atoms with Crippen molar-refractivity contribution in [1.29, 1.82) is 0 Å². The predicted molar refractivity (Wildman–Crippen MR) is 150 cm³/mol.